The van der Waals surface area contributed by atoms with E-state index in [4.69, 9.17) is 4.74 Å². The van der Waals surface area contributed by atoms with E-state index in [1.54, 1.807) is 32.0 Å². The Morgan fingerprint density at radius 2 is 1.80 bits per heavy atom. The summed E-state index contributed by atoms with van der Waals surface area (Å²) in [5.74, 6) is 0.596. The zero-order valence-electron chi connectivity index (χ0n) is 14.7. The quantitative estimate of drug-likeness (QED) is 0.878. The highest BCUT2D eigenvalue weighted by Crippen LogP contribution is 2.36. The third-order valence-electron chi connectivity index (χ3n) is 4.59. The average Bonchev–Trinajstić information content (AvgIpc) is 2.52. The van der Waals surface area contributed by atoms with Crippen LogP contribution >= 0.6 is 0 Å². The largest absolute Gasteiger partial charge is 0.493 e. The highest BCUT2D eigenvalue weighted by molar-refractivity contribution is 7.89. The van der Waals surface area contributed by atoms with Gasteiger partial charge in [-0.1, -0.05) is 35.9 Å². The smallest absolute Gasteiger partial charge is 0.241 e. The van der Waals surface area contributed by atoms with Gasteiger partial charge in [0.1, 0.15) is 11.4 Å². The summed E-state index contributed by atoms with van der Waals surface area (Å²) in [6, 6.07) is 10.9. The van der Waals surface area contributed by atoms with E-state index in [0.29, 0.717) is 35.5 Å². The van der Waals surface area contributed by atoms with Gasteiger partial charge < -0.3 is 9.84 Å². The number of fused-ring (bicyclic) bond motifs is 1. The van der Waals surface area contributed by atoms with Crippen molar-refractivity contribution in [2.75, 3.05) is 13.2 Å². The second-order valence-corrected chi connectivity index (χ2v) is 8.38. The van der Waals surface area contributed by atoms with E-state index >= 15 is 0 Å². The summed E-state index contributed by atoms with van der Waals surface area (Å²) in [5.41, 5.74) is 1.75. The van der Waals surface area contributed by atoms with E-state index in [0.717, 1.165) is 5.56 Å². The molecule has 2 aromatic carbocycles. The van der Waals surface area contributed by atoms with Crippen LogP contribution in [0.5, 0.6) is 5.75 Å². The highest BCUT2D eigenvalue weighted by atomic mass is 32.2. The summed E-state index contributed by atoms with van der Waals surface area (Å²) >= 11 is 0. The number of aryl methyl sites for hydroxylation is 3. The maximum absolute atomic E-state index is 12.8. The fraction of sp³-hybridized carbons (Fsp3) is 0.368. The van der Waals surface area contributed by atoms with Crippen molar-refractivity contribution in [1.29, 1.82) is 0 Å². The normalized spacial score (nSPS) is 20.0. The minimum atomic E-state index is -3.73. The van der Waals surface area contributed by atoms with Crippen LogP contribution < -0.4 is 9.46 Å². The van der Waals surface area contributed by atoms with Crippen molar-refractivity contribution in [3.63, 3.8) is 0 Å². The fourth-order valence-electron chi connectivity index (χ4n) is 3.50. The van der Waals surface area contributed by atoms with Gasteiger partial charge >= 0.3 is 0 Å². The molecule has 0 amide bonds. The first kappa shape index (κ1) is 17.9. The van der Waals surface area contributed by atoms with Crippen molar-refractivity contribution in [2.45, 2.75) is 37.7 Å². The first-order valence-electron chi connectivity index (χ1n) is 8.25. The van der Waals surface area contributed by atoms with Crippen LogP contribution in [0.1, 0.15) is 28.7 Å². The number of hydrogen-bond donors (Lipinski definition) is 2. The summed E-state index contributed by atoms with van der Waals surface area (Å²) in [7, 11) is -3.73. The van der Waals surface area contributed by atoms with Gasteiger partial charge in [0.2, 0.25) is 10.0 Å². The fourth-order valence-corrected chi connectivity index (χ4v) is 5.04. The molecule has 2 aromatic rings. The van der Waals surface area contributed by atoms with E-state index in [2.05, 4.69) is 4.72 Å². The molecule has 0 saturated carbocycles. The molecule has 1 aliphatic heterocycles. The lowest BCUT2D eigenvalue weighted by Gasteiger charge is -2.34. The van der Waals surface area contributed by atoms with Gasteiger partial charge in [-0.15, -0.1) is 0 Å². The lowest BCUT2D eigenvalue weighted by molar-refractivity contribution is 0.00219. The summed E-state index contributed by atoms with van der Waals surface area (Å²) in [6.45, 7) is 5.76. The summed E-state index contributed by atoms with van der Waals surface area (Å²) < 4.78 is 33.8. The predicted molar refractivity (Wildman–Crippen MR) is 96.3 cm³/mol. The molecule has 0 aliphatic carbocycles. The Kier molecular flexibility index (Phi) is 4.62. The average molecular weight is 361 g/mol. The number of sulfonamides is 1. The van der Waals surface area contributed by atoms with Crippen molar-refractivity contribution in [3.05, 3.63) is 58.7 Å². The Labute approximate surface area is 148 Å². The second kappa shape index (κ2) is 6.44. The van der Waals surface area contributed by atoms with E-state index < -0.39 is 15.6 Å². The van der Waals surface area contributed by atoms with Crippen LogP contribution in [0.3, 0.4) is 0 Å². The molecule has 2 N–H and O–H groups in total. The van der Waals surface area contributed by atoms with Gasteiger partial charge in [-0.3, -0.25) is 0 Å². The summed E-state index contributed by atoms with van der Waals surface area (Å²) in [5, 5.41) is 11.0. The van der Waals surface area contributed by atoms with E-state index in [1.807, 2.05) is 25.1 Å². The Balaban J connectivity index is 1.89. The summed E-state index contributed by atoms with van der Waals surface area (Å²) in [4.78, 5) is 0.280. The van der Waals surface area contributed by atoms with Crippen LogP contribution in [0.2, 0.25) is 0 Å². The molecule has 5 nitrogen and oxygen atoms in total. The molecule has 0 saturated heterocycles. The molecule has 25 heavy (non-hydrogen) atoms. The van der Waals surface area contributed by atoms with Gasteiger partial charge in [0.25, 0.3) is 0 Å². The number of aliphatic hydroxyl groups is 1. The molecule has 0 fully saturated rings. The molecule has 0 radical (unpaired) electrons. The standard InChI is InChI=1S/C19H23NO4S/c1-13-10-14(2)18(15(3)11-13)25(22,23)20-12-19(21)8-9-24-17-7-5-4-6-16(17)19/h4-7,10-11,20-21H,8-9,12H2,1-3H3. The molecule has 1 aliphatic rings. The zero-order valence-corrected chi connectivity index (χ0v) is 15.5. The van der Waals surface area contributed by atoms with E-state index in [9.17, 15) is 13.5 Å². The maximum Gasteiger partial charge on any atom is 0.241 e. The third kappa shape index (κ3) is 3.42. The Bertz CT molecular complexity index is 884. The van der Waals surface area contributed by atoms with Gasteiger partial charge in [-0.2, -0.15) is 0 Å². The van der Waals surface area contributed by atoms with E-state index in [-0.39, 0.29) is 11.4 Å². The molecule has 6 heteroatoms. The first-order chi connectivity index (χ1) is 11.7. The van der Waals surface area contributed by atoms with Gasteiger partial charge in [0, 0.05) is 18.5 Å². The minimum Gasteiger partial charge on any atom is -0.493 e. The molecule has 1 heterocycles. The second-order valence-electron chi connectivity index (χ2n) is 6.68. The van der Waals surface area contributed by atoms with Gasteiger partial charge in [0.15, 0.2) is 0 Å². The van der Waals surface area contributed by atoms with Crippen LogP contribution in [-0.4, -0.2) is 26.7 Å². The van der Waals surface area contributed by atoms with Crippen molar-refractivity contribution in [2.24, 2.45) is 0 Å². The van der Waals surface area contributed by atoms with Crippen LogP contribution in [0, 0.1) is 20.8 Å². The van der Waals surface area contributed by atoms with Crippen LogP contribution in [-0.2, 0) is 15.6 Å². The Morgan fingerprint density at radius 1 is 1.16 bits per heavy atom. The zero-order chi connectivity index (χ0) is 18.2. The number of hydrogen-bond acceptors (Lipinski definition) is 4. The monoisotopic (exact) mass is 361 g/mol. The molecule has 3 rings (SSSR count). The lowest BCUT2D eigenvalue weighted by atomic mass is 9.88. The van der Waals surface area contributed by atoms with Crippen molar-refractivity contribution in [1.82, 2.24) is 4.72 Å². The number of benzene rings is 2. The third-order valence-corrected chi connectivity index (χ3v) is 6.30. The number of ether oxygens (including phenoxy) is 1. The minimum absolute atomic E-state index is 0.0948. The Hall–Kier alpha value is -1.89. The number of para-hydroxylation sites is 1. The maximum atomic E-state index is 12.8. The van der Waals surface area contributed by atoms with Gasteiger partial charge in [-0.05, 0) is 38.0 Å². The molecular formula is C19H23NO4S. The van der Waals surface area contributed by atoms with Crippen molar-refractivity contribution < 1.29 is 18.3 Å². The molecule has 0 bridgehead atoms. The molecule has 1 atom stereocenters. The van der Waals surface area contributed by atoms with Crippen LogP contribution in [0.15, 0.2) is 41.3 Å². The molecule has 1 unspecified atom stereocenters. The SMILES string of the molecule is Cc1cc(C)c(S(=O)(=O)NCC2(O)CCOc3ccccc32)c(C)c1. The van der Waals surface area contributed by atoms with Gasteiger partial charge in [0.05, 0.1) is 11.5 Å². The molecule has 0 spiro atoms. The van der Waals surface area contributed by atoms with Crippen LogP contribution in [0.25, 0.3) is 0 Å². The van der Waals surface area contributed by atoms with Gasteiger partial charge in [-0.25, -0.2) is 13.1 Å². The molecule has 0 aromatic heterocycles. The summed E-state index contributed by atoms with van der Waals surface area (Å²) in [6.07, 6.45) is 0.332. The highest BCUT2D eigenvalue weighted by Gasteiger charge is 2.37. The number of rotatable bonds is 4. The predicted octanol–water partition coefficient (Wildman–Crippen LogP) is 2.56. The van der Waals surface area contributed by atoms with E-state index in [1.165, 1.54) is 0 Å². The van der Waals surface area contributed by atoms with Crippen LogP contribution in [0.4, 0.5) is 0 Å². The first-order valence-corrected chi connectivity index (χ1v) is 9.73. The molecular weight excluding hydrogens is 338 g/mol. The van der Waals surface area contributed by atoms with Crippen molar-refractivity contribution in [3.8, 4) is 5.75 Å². The number of nitrogens with one attached hydrogen (secondary N) is 1. The van der Waals surface area contributed by atoms with Crippen molar-refractivity contribution >= 4 is 10.0 Å². The molecule has 134 valence electrons. The lowest BCUT2D eigenvalue weighted by Crippen LogP contribution is -2.44. The Morgan fingerprint density at radius 3 is 2.48 bits per heavy atom. The topological polar surface area (TPSA) is 75.6 Å².